The quantitative estimate of drug-likeness (QED) is 0.740. The van der Waals surface area contributed by atoms with Gasteiger partial charge in [-0.2, -0.15) is 0 Å². The molecule has 6 heteroatoms. The molecule has 1 aromatic heterocycles. The predicted octanol–water partition coefficient (Wildman–Crippen LogP) is 4.76. The molecule has 1 amide bonds. The molecule has 1 N–H and O–H groups in total. The van der Waals surface area contributed by atoms with Crippen LogP contribution in [0.1, 0.15) is 6.92 Å². The number of nitrogens with one attached hydrogen (secondary N) is 1. The zero-order chi connectivity index (χ0) is 15.0. The highest BCUT2D eigenvalue weighted by molar-refractivity contribution is 6.35. The minimum atomic E-state index is -0.143. The number of rotatable bonds is 2. The van der Waals surface area contributed by atoms with Crippen LogP contribution >= 0.6 is 23.2 Å². The van der Waals surface area contributed by atoms with Gasteiger partial charge in [0, 0.05) is 17.6 Å². The molecule has 0 unspecified atom stereocenters. The normalized spacial score (nSPS) is 10.8. The van der Waals surface area contributed by atoms with Gasteiger partial charge in [-0.1, -0.05) is 23.2 Å². The molecule has 0 radical (unpaired) electrons. The fourth-order valence-corrected chi connectivity index (χ4v) is 2.36. The molecule has 0 aliphatic heterocycles. The van der Waals surface area contributed by atoms with E-state index >= 15 is 0 Å². The minimum Gasteiger partial charge on any atom is -0.436 e. The van der Waals surface area contributed by atoms with Gasteiger partial charge >= 0.3 is 0 Å². The third-order valence-corrected chi connectivity index (χ3v) is 3.43. The summed E-state index contributed by atoms with van der Waals surface area (Å²) in [5.74, 6) is 0.244. The van der Waals surface area contributed by atoms with Crippen molar-refractivity contribution in [3.05, 3.63) is 46.4 Å². The summed E-state index contributed by atoms with van der Waals surface area (Å²) in [4.78, 5) is 15.5. The lowest BCUT2D eigenvalue weighted by atomic mass is 10.2. The first kappa shape index (κ1) is 13.9. The highest BCUT2D eigenvalue weighted by Crippen LogP contribution is 2.32. The van der Waals surface area contributed by atoms with Gasteiger partial charge in [-0.25, -0.2) is 4.98 Å². The van der Waals surface area contributed by atoms with Crippen molar-refractivity contribution in [2.45, 2.75) is 6.92 Å². The Kier molecular flexibility index (Phi) is 3.57. The molecule has 21 heavy (non-hydrogen) atoms. The Morgan fingerprint density at radius 2 is 2.00 bits per heavy atom. The van der Waals surface area contributed by atoms with Crippen molar-refractivity contribution in [3.63, 3.8) is 0 Å². The Labute approximate surface area is 130 Å². The summed E-state index contributed by atoms with van der Waals surface area (Å²) < 4.78 is 5.68. The zero-order valence-corrected chi connectivity index (χ0v) is 12.5. The maximum absolute atomic E-state index is 11.1. The van der Waals surface area contributed by atoms with Gasteiger partial charge in [0.05, 0.1) is 10.6 Å². The molecule has 0 atom stereocenters. The van der Waals surface area contributed by atoms with Crippen LogP contribution in [0.4, 0.5) is 5.69 Å². The molecule has 2 aromatic carbocycles. The molecule has 0 spiro atoms. The molecule has 3 aromatic rings. The van der Waals surface area contributed by atoms with Crippen molar-refractivity contribution >= 4 is 45.9 Å². The van der Waals surface area contributed by atoms with Gasteiger partial charge in [-0.15, -0.1) is 0 Å². The summed E-state index contributed by atoms with van der Waals surface area (Å²) in [5.41, 5.74) is 2.52. The van der Waals surface area contributed by atoms with Crippen LogP contribution in [0.5, 0.6) is 0 Å². The molecular formula is C15H10Cl2N2O2. The lowest BCUT2D eigenvalue weighted by Gasteiger charge is -1.99. The van der Waals surface area contributed by atoms with E-state index in [4.69, 9.17) is 27.6 Å². The minimum absolute atomic E-state index is 0.143. The number of hydrogen-bond donors (Lipinski definition) is 1. The Morgan fingerprint density at radius 1 is 1.19 bits per heavy atom. The third-order valence-electron chi connectivity index (χ3n) is 2.87. The summed E-state index contributed by atoms with van der Waals surface area (Å²) >= 11 is 12.1. The average molecular weight is 321 g/mol. The number of halogens is 2. The van der Waals surface area contributed by atoms with E-state index in [1.165, 1.54) is 6.92 Å². The molecule has 0 bridgehead atoms. The van der Waals surface area contributed by atoms with Crippen LogP contribution < -0.4 is 5.32 Å². The number of oxazole rings is 1. The second kappa shape index (κ2) is 5.39. The van der Waals surface area contributed by atoms with E-state index < -0.39 is 0 Å². The SMILES string of the molecule is CC(=O)Nc1ccc2oc(-c3cc(Cl)ccc3Cl)nc2c1. The number of benzene rings is 2. The number of amides is 1. The van der Waals surface area contributed by atoms with Crippen molar-refractivity contribution in [3.8, 4) is 11.5 Å². The molecule has 0 fully saturated rings. The summed E-state index contributed by atoms with van der Waals surface area (Å²) in [5, 5.41) is 3.76. The molecule has 1 heterocycles. The zero-order valence-electron chi connectivity index (χ0n) is 11.0. The van der Waals surface area contributed by atoms with Gasteiger partial charge in [-0.3, -0.25) is 4.79 Å². The Bertz CT molecular complexity index is 843. The van der Waals surface area contributed by atoms with Crippen LogP contribution in [0.3, 0.4) is 0 Å². The largest absolute Gasteiger partial charge is 0.436 e. The van der Waals surface area contributed by atoms with Gasteiger partial charge in [0.15, 0.2) is 5.58 Å². The standard InChI is InChI=1S/C15H10Cl2N2O2/c1-8(20)18-10-3-5-14-13(7-10)19-15(21-14)11-6-9(16)2-4-12(11)17/h2-7H,1H3,(H,18,20). The molecule has 0 aliphatic rings. The number of carbonyl (C=O) groups is 1. The van der Waals surface area contributed by atoms with Crippen molar-refractivity contribution in [2.75, 3.05) is 5.32 Å². The third kappa shape index (κ3) is 2.86. The highest BCUT2D eigenvalue weighted by atomic mass is 35.5. The number of nitrogens with zero attached hydrogens (tertiary/aromatic N) is 1. The van der Waals surface area contributed by atoms with E-state index in [0.29, 0.717) is 38.3 Å². The first-order valence-electron chi connectivity index (χ1n) is 6.16. The van der Waals surface area contributed by atoms with Crippen molar-refractivity contribution < 1.29 is 9.21 Å². The van der Waals surface area contributed by atoms with E-state index in [1.54, 1.807) is 36.4 Å². The fourth-order valence-electron chi connectivity index (χ4n) is 1.99. The Morgan fingerprint density at radius 3 is 2.76 bits per heavy atom. The van der Waals surface area contributed by atoms with Crippen LogP contribution in [0.25, 0.3) is 22.6 Å². The van der Waals surface area contributed by atoms with Gasteiger partial charge in [0.25, 0.3) is 0 Å². The van der Waals surface area contributed by atoms with Crippen molar-refractivity contribution in [1.29, 1.82) is 0 Å². The van der Waals surface area contributed by atoms with Crippen LogP contribution in [-0.4, -0.2) is 10.9 Å². The summed E-state index contributed by atoms with van der Waals surface area (Å²) in [6, 6.07) is 10.3. The lowest BCUT2D eigenvalue weighted by molar-refractivity contribution is -0.114. The van der Waals surface area contributed by atoms with E-state index in [9.17, 15) is 4.79 Å². The predicted molar refractivity (Wildman–Crippen MR) is 83.8 cm³/mol. The first-order valence-corrected chi connectivity index (χ1v) is 6.92. The molecule has 3 rings (SSSR count). The lowest BCUT2D eigenvalue weighted by Crippen LogP contribution is -2.05. The Balaban J connectivity index is 2.08. The van der Waals surface area contributed by atoms with Gasteiger partial charge in [0.1, 0.15) is 5.52 Å². The summed E-state index contributed by atoms with van der Waals surface area (Å²) in [7, 11) is 0. The number of aromatic nitrogens is 1. The van der Waals surface area contributed by atoms with Crippen LogP contribution in [0, 0.1) is 0 Å². The second-order valence-corrected chi connectivity index (χ2v) is 5.35. The number of anilines is 1. The fraction of sp³-hybridized carbons (Fsp3) is 0.0667. The molecular weight excluding hydrogens is 311 g/mol. The first-order chi connectivity index (χ1) is 10.0. The van der Waals surface area contributed by atoms with E-state index in [-0.39, 0.29) is 5.91 Å². The summed E-state index contributed by atoms with van der Waals surface area (Å²) in [6.45, 7) is 1.45. The van der Waals surface area contributed by atoms with Crippen molar-refractivity contribution in [2.24, 2.45) is 0 Å². The van der Waals surface area contributed by atoms with Gasteiger partial charge in [-0.05, 0) is 36.4 Å². The maximum Gasteiger partial charge on any atom is 0.228 e. The second-order valence-electron chi connectivity index (χ2n) is 4.51. The number of hydrogen-bond acceptors (Lipinski definition) is 3. The van der Waals surface area contributed by atoms with Gasteiger partial charge < -0.3 is 9.73 Å². The Hall–Kier alpha value is -2.04. The van der Waals surface area contributed by atoms with E-state index in [2.05, 4.69) is 10.3 Å². The van der Waals surface area contributed by atoms with Crippen LogP contribution in [0.15, 0.2) is 40.8 Å². The molecule has 4 nitrogen and oxygen atoms in total. The number of carbonyl (C=O) groups excluding carboxylic acids is 1. The molecule has 106 valence electrons. The van der Waals surface area contributed by atoms with E-state index in [1.807, 2.05) is 0 Å². The van der Waals surface area contributed by atoms with Crippen molar-refractivity contribution in [1.82, 2.24) is 4.98 Å². The smallest absolute Gasteiger partial charge is 0.228 e. The maximum atomic E-state index is 11.1. The highest BCUT2D eigenvalue weighted by Gasteiger charge is 2.12. The average Bonchev–Trinajstić information content (AvgIpc) is 2.83. The summed E-state index contributed by atoms with van der Waals surface area (Å²) in [6.07, 6.45) is 0. The molecule has 0 saturated heterocycles. The van der Waals surface area contributed by atoms with E-state index in [0.717, 1.165) is 0 Å². The monoisotopic (exact) mass is 320 g/mol. The van der Waals surface area contributed by atoms with Crippen LogP contribution in [0.2, 0.25) is 10.0 Å². The molecule has 0 aliphatic carbocycles. The van der Waals surface area contributed by atoms with Gasteiger partial charge in [0.2, 0.25) is 11.8 Å². The molecule has 0 saturated carbocycles. The van der Waals surface area contributed by atoms with Crippen LogP contribution in [-0.2, 0) is 4.79 Å². The number of fused-ring (bicyclic) bond motifs is 1. The topological polar surface area (TPSA) is 55.1 Å².